The first-order valence-electron chi connectivity index (χ1n) is 19.6. The predicted molar refractivity (Wildman–Crippen MR) is 226 cm³/mol. The smallest absolute Gasteiger partial charge is 0.146 e. The number of para-hydroxylation sites is 4. The summed E-state index contributed by atoms with van der Waals surface area (Å²) in [6, 6.07) is 34.5. The lowest BCUT2D eigenvalue weighted by molar-refractivity contribution is 0.311. The Morgan fingerprint density at radius 2 is 0.793 bits per heavy atom. The second kappa shape index (κ2) is 18.5. The molecule has 0 saturated carbocycles. The Bertz CT molecular complexity index is 2200. The van der Waals surface area contributed by atoms with Gasteiger partial charge in [-0.05, 0) is 83.6 Å². The number of hydrogen-bond donors (Lipinski definition) is 2. The summed E-state index contributed by atoms with van der Waals surface area (Å²) in [5.41, 5.74) is 8.61. The molecule has 0 heterocycles. The van der Waals surface area contributed by atoms with Gasteiger partial charge in [-0.3, -0.25) is 0 Å². The minimum atomic E-state index is 0.176. The quantitative estimate of drug-likeness (QED) is 0.119. The monoisotopic (exact) mass is 776 g/mol. The number of phenolic OH excluding ortho intramolecular Hbond substituents is 2. The van der Waals surface area contributed by atoms with Crippen molar-refractivity contribution in [1.82, 2.24) is 0 Å². The van der Waals surface area contributed by atoms with Gasteiger partial charge in [-0.15, -0.1) is 10.2 Å². The molecule has 6 aromatic rings. The summed E-state index contributed by atoms with van der Waals surface area (Å²) in [5, 5.41) is 42.5. The van der Waals surface area contributed by atoms with Crippen molar-refractivity contribution in [2.24, 2.45) is 20.5 Å². The Hall–Kier alpha value is -6.68. The van der Waals surface area contributed by atoms with Crippen molar-refractivity contribution in [2.75, 3.05) is 27.4 Å². The fourth-order valence-corrected chi connectivity index (χ4v) is 7.22. The third kappa shape index (κ3) is 8.97. The average molecular weight is 777 g/mol. The standard InChI is InChI=1S/C48H48N4O6/c1-5-21-57-47-31-13-11-14-32(47)24-36-28-40(50-52-42-18-8-10-20-44(42)56-4)30-38(46(36)54)26-34-16-12-15-33(48(34)58-22-6-2)25-37-29-39(27-35(23-31)45(37)53)49-51-41-17-7-9-19-43(41)55-3/h7-20,27-30,53-54H,5-6,21-26H2,1-4H3. The SMILES string of the molecule is CCCOc1c2cccc1Cc1cc(N=Nc3ccccc3OC)cc(c1O)Cc1cccc(c1OCCC)Cc1cc(N=Nc3ccccc3OC)cc(c1O)C2. The van der Waals surface area contributed by atoms with Gasteiger partial charge in [0.15, 0.2) is 0 Å². The molecule has 0 aromatic heterocycles. The molecule has 0 amide bonds. The van der Waals surface area contributed by atoms with Gasteiger partial charge < -0.3 is 29.2 Å². The van der Waals surface area contributed by atoms with Crippen molar-refractivity contribution < 1.29 is 29.2 Å². The lowest BCUT2D eigenvalue weighted by Crippen LogP contribution is -2.07. The number of nitrogens with zero attached hydrogens (tertiary/aromatic N) is 4. The predicted octanol–water partition coefficient (Wildman–Crippen LogP) is 12.2. The fraction of sp³-hybridized carbons (Fsp3) is 0.250. The highest BCUT2D eigenvalue weighted by molar-refractivity contribution is 5.61. The number of rotatable bonds is 12. The van der Waals surface area contributed by atoms with E-state index >= 15 is 0 Å². The van der Waals surface area contributed by atoms with Crippen molar-refractivity contribution in [3.8, 4) is 34.5 Å². The Morgan fingerprint density at radius 1 is 0.448 bits per heavy atom. The molecule has 0 atom stereocenters. The first kappa shape index (κ1) is 39.6. The van der Waals surface area contributed by atoms with Crippen molar-refractivity contribution in [2.45, 2.75) is 52.4 Å². The molecule has 0 radical (unpaired) electrons. The number of phenols is 2. The fourth-order valence-electron chi connectivity index (χ4n) is 7.22. The highest BCUT2D eigenvalue weighted by atomic mass is 16.5. The molecule has 1 aliphatic carbocycles. The third-order valence-corrected chi connectivity index (χ3v) is 10.0. The molecule has 0 fully saturated rings. The van der Waals surface area contributed by atoms with Crippen LogP contribution >= 0.6 is 0 Å². The summed E-state index contributed by atoms with van der Waals surface area (Å²) >= 11 is 0. The van der Waals surface area contributed by atoms with Gasteiger partial charge in [0.2, 0.25) is 0 Å². The van der Waals surface area contributed by atoms with E-state index in [2.05, 4.69) is 34.3 Å². The lowest BCUT2D eigenvalue weighted by Gasteiger charge is -2.21. The molecule has 7 rings (SSSR count). The zero-order valence-corrected chi connectivity index (χ0v) is 33.4. The highest BCUT2D eigenvalue weighted by Gasteiger charge is 2.22. The minimum absolute atomic E-state index is 0.176. The van der Waals surface area contributed by atoms with E-state index in [1.54, 1.807) is 14.2 Å². The first-order chi connectivity index (χ1) is 28.4. The van der Waals surface area contributed by atoms with Crippen LogP contribution in [0.1, 0.15) is 71.2 Å². The average Bonchev–Trinajstić information content (AvgIpc) is 3.24. The maximum atomic E-state index is 12.1. The minimum Gasteiger partial charge on any atom is -0.507 e. The maximum Gasteiger partial charge on any atom is 0.146 e. The van der Waals surface area contributed by atoms with E-state index in [-0.39, 0.29) is 11.5 Å². The number of benzene rings is 6. The number of aromatic hydroxyl groups is 2. The van der Waals surface area contributed by atoms with Gasteiger partial charge in [0.05, 0.1) is 38.8 Å². The maximum absolute atomic E-state index is 12.1. The van der Waals surface area contributed by atoms with E-state index in [0.29, 0.717) is 107 Å². The summed E-state index contributed by atoms with van der Waals surface area (Å²) in [6.45, 7) is 5.12. The van der Waals surface area contributed by atoms with E-state index in [4.69, 9.17) is 18.9 Å². The zero-order valence-electron chi connectivity index (χ0n) is 33.4. The summed E-state index contributed by atoms with van der Waals surface area (Å²) in [5.74, 6) is 2.99. The molecule has 2 N–H and O–H groups in total. The van der Waals surface area contributed by atoms with E-state index < -0.39 is 0 Å². The van der Waals surface area contributed by atoms with Gasteiger partial charge in [0.1, 0.15) is 45.9 Å². The van der Waals surface area contributed by atoms with E-state index in [1.807, 2.05) is 109 Å². The van der Waals surface area contributed by atoms with E-state index in [9.17, 15) is 10.2 Å². The molecule has 10 heteroatoms. The normalized spacial score (nSPS) is 12.5. The van der Waals surface area contributed by atoms with Crippen LogP contribution in [0.15, 0.2) is 130 Å². The third-order valence-electron chi connectivity index (χ3n) is 10.0. The summed E-state index contributed by atoms with van der Waals surface area (Å²) in [7, 11) is 3.21. The molecule has 0 spiro atoms. The zero-order chi connectivity index (χ0) is 40.4. The Labute approximate surface area is 339 Å². The Kier molecular flexibility index (Phi) is 12.6. The van der Waals surface area contributed by atoms with Gasteiger partial charge in [-0.25, -0.2) is 0 Å². The van der Waals surface area contributed by atoms with Crippen molar-refractivity contribution in [1.29, 1.82) is 0 Å². The number of methoxy groups -OCH3 is 2. The van der Waals surface area contributed by atoms with Gasteiger partial charge >= 0.3 is 0 Å². The second-order valence-electron chi connectivity index (χ2n) is 14.2. The van der Waals surface area contributed by atoms with Crippen LogP contribution in [-0.4, -0.2) is 37.6 Å². The van der Waals surface area contributed by atoms with E-state index in [1.165, 1.54) is 0 Å². The second-order valence-corrected chi connectivity index (χ2v) is 14.2. The van der Waals surface area contributed by atoms with Crippen LogP contribution in [0.3, 0.4) is 0 Å². The summed E-state index contributed by atoms with van der Waals surface area (Å²) in [6.07, 6.45) is 3.02. The number of hydrogen-bond acceptors (Lipinski definition) is 10. The highest BCUT2D eigenvalue weighted by Crippen LogP contribution is 2.41. The van der Waals surface area contributed by atoms with Crippen LogP contribution in [0, 0.1) is 0 Å². The molecule has 8 bridgehead atoms. The number of fused-ring (bicyclic) bond motifs is 8. The van der Waals surface area contributed by atoms with Crippen molar-refractivity contribution in [3.05, 3.63) is 154 Å². The first-order valence-corrected chi connectivity index (χ1v) is 19.6. The molecule has 296 valence electrons. The van der Waals surface area contributed by atoms with Crippen LogP contribution in [-0.2, 0) is 25.7 Å². The van der Waals surface area contributed by atoms with Crippen LogP contribution in [0.5, 0.6) is 34.5 Å². The molecular formula is C48H48N4O6. The van der Waals surface area contributed by atoms with E-state index in [0.717, 1.165) is 35.1 Å². The lowest BCUT2D eigenvalue weighted by atomic mass is 9.91. The number of ether oxygens (including phenoxy) is 4. The molecule has 0 unspecified atom stereocenters. The molecule has 58 heavy (non-hydrogen) atoms. The molecule has 10 nitrogen and oxygen atoms in total. The van der Waals surface area contributed by atoms with Gasteiger partial charge in [-0.1, -0.05) is 74.5 Å². The van der Waals surface area contributed by atoms with Crippen molar-refractivity contribution in [3.63, 3.8) is 0 Å². The Balaban J connectivity index is 1.42. The topological polar surface area (TPSA) is 127 Å². The molecule has 6 aromatic carbocycles. The Morgan fingerprint density at radius 3 is 1.12 bits per heavy atom. The summed E-state index contributed by atoms with van der Waals surface area (Å²) in [4.78, 5) is 0. The van der Waals surface area contributed by atoms with Crippen LogP contribution < -0.4 is 18.9 Å². The van der Waals surface area contributed by atoms with Gasteiger partial charge in [0.25, 0.3) is 0 Å². The van der Waals surface area contributed by atoms with Gasteiger partial charge in [0, 0.05) is 47.9 Å². The molecular weight excluding hydrogens is 729 g/mol. The molecule has 1 aliphatic rings. The summed E-state index contributed by atoms with van der Waals surface area (Å²) < 4.78 is 24.1. The molecule has 0 aliphatic heterocycles. The van der Waals surface area contributed by atoms with Crippen LogP contribution in [0.2, 0.25) is 0 Å². The largest absolute Gasteiger partial charge is 0.507 e. The van der Waals surface area contributed by atoms with Crippen molar-refractivity contribution >= 4 is 22.7 Å². The van der Waals surface area contributed by atoms with Crippen LogP contribution in [0.4, 0.5) is 22.7 Å². The molecule has 0 saturated heterocycles. The van der Waals surface area contributed by atoms with Gasteiger partial charge in [-0.2, -0.15) is 10.2 Å². The van der Waals surface area contributed by atoms with Crippen LogP contribution in [0.25, 0.3) is 0 Å². The number of azo groups is 2.